The number of aryl methyl sites for hydroxylation is 1. The fourth-order valence-corrected chi connectivity index (χ4v) is 4.22. The van der Waals surface area contributed by atoms with Gasteiger partial charge in [-0.05, 0) is 31.5 Å². The first kappa shape index (κ1) is 24.4. The van der Waals surface area contributed by atoms with E-state index in [1.54, 1.807) is 4.72 Å². The van der Waals surface area contributed by atoms with Crippen LogP contribution in [0, 0.1) is 11.6 Å². The average Bonchev–Trinajstić information content (AvgIpc) is 3.03. The molecule has 1 heterocycles. The fourth-order valence-electron chi connectivity index (χ4n) is 2.51. The average molecular weight is 476 g/mol. The fraction of sp³-hybridized carbons (Fsp3) is 0.412. The Labute approximate surface area is 174 Å². The van der Waals surface area contributed by atoms with E-state index in [0.29, 0.717) is 6.92 Å². The summed E-state index contributed by atoms with van der Waals surface area (Å²) in [5, 5.41) is 11.8. The van der Waals surface area contributed by atoms with Gasteiger partial charge >= 0.3 is 6.18 Å². The molecule has 0 aliphatic carbocycles. The molecule has 0 aliphatic heterocycles. The molecule has 2 atom stereocenters. The summed E-state index contributed by atoms with van der Waals surface area (Å²) in [6.07, 6.45) is -6.09. The summed E-state index contributed by atoms with van der Waals surface area (Å²) in [5.41, 5.74) is -3.18. The van der Waals surface area contributed by atoms with E-state index in [1.807, 2.05) is 0 Å². The predicted molar refractivity (Wildman–Crippen MR) is 100 cm³/mol. The van der Waals surface area contributed by atoms with Crippen LogP contribution in [-0.2, 0) is 17.1 Å². The molecule has 3 N–H and O–H groups in total. The molecule has 6 nitrogen and oxygen atoms in total. The Bertz CT molecular complexity index is 1040. The maximum absolute atomic E-state index is 14.0. The second-order valence-electron chi connectivity index (χ2n) is 6.77. The summed E-state index contributed by atoms with van der Waals surface area (Å²) < 4.78 is 94.8. The van der Waals surface area contributed by atoms with Gasteiger partial charge in [-0.1, -0.05) is 18.5 Å². The van der Waals surface area contributed by atoms with E-state index in [9.17, 15) is 35.5 Å². The molecule has 0 saturated heterocycles. The Balaban J connectivity index is 2.33. The number of benzene rings is 1. The van der Waals surface area contributed by atoms with Crippen LogP contribution in [0.3, 0.4) is 0 Å². The van der Waals surface area contributed by atoms with Crippen LogP contribution in [0.2, 0.25) is 5.02 Å². The quantitative estimate of drug-likeness (QED) is 0.320. The molecule has 2 rings (SSSR count). The van der Waals surface area contributed by atoms with E-state index in [-0.39, 0.29) is 11.4 Å². The van der Waals surface area contributed by atoms with Crippen LogP contribution in [-0.4, -0.2) is 29.8 Å². The van der Waals surface area contributed by atoms with Crippen molar-refractivity contribution < 1.29 is 35.5 Å². The van der Waals surface area contributed by atoms with Crippen molar-refractivity contribution in [1.82, 2.24) is 9.29 Å². The summed E-state index contributed by atoms with van der Waals surface area (Å²) in [6, 6.07) is 2.75. The van der Waals surface area contributed by atoms with E-state index in [0.717, 1.165) is 29.0 Å². The van der Waals surface area contributed by atoms with Gasteiger partial charge in [0.2, 0.25) is 10.0 Å². The highest BCUT2D eigenvalue weighted by Crippen LogP contribution is 2.34. The summed E-state index contributed by atoms with van der Waals surface area (Å²) in [6.45, 7) is 1.90. The molecule has 0 aliphatic rings. The maximum Gasteiger partial charge on any atom is 0.407 e. The Morgan fingerprint density at radius 2 is 1.87 bits per heavy atom. The number of sulfonamides is 1. The molecule has 0 spiro atoms. The number of rotatable bonds is 7. The zero-order valence-electron chi connectivity index (χ0n) is 16.0. The Morgan fingerprint density at radius 3 is 2.40 bits per heavy atom. The van der Waals surface area contributed by atoms with Gasteiger partial charge < -0.3 is 15.0 Å². The molecule has 0 bridgehead atoms. The largest absolute Gasteiger partial charge is 0.407 e. The van der Waals surface area contributed by atoms with Gasteiger partial charge in [0.25, 0.3) is 0 Å². The number of aromatic nitrogens is 1. The third-order valence-electron chi connectivity index (χ3n) is 4.63. The molecule has 0 amide bonds. The molecule has 2 unspecified atom stereocenters. The van der Waals surface area contributed by atoms with E-state index >= 15 is 0 Å². The van der Waals surface area contributed by atoms with Crippen LogP contribution < -0.4 is 10.0 Å². The van der Waals surface area contributed by atoms with Crippen molar-refractivity contribution in [3.63, 3.8) is 0 Å². The van der Waals surface area contributed by atoms with Crippen molar-refractivity contribution in [2.45, 2.75) is 43.1 Å². The molecule has 1 aromatic carbocycles. The van der Waals surface area contributed by atoms with Crippen molar-refractivity contribution in [2.75, 3.05) is 5.32 Å². The number of hydrogen-bond acceptors (Lipinski definition) is 4. The number of aliphatic hydroxyl groups is 1. The van der Waals surface area contributed by atoms with Crippen molar-refractivity contribution in [3.05, 3.63) is 46.7 Å². The van der Waals surface area contributed by atoms with Crippen molar-refractivity contribution >= 4 is 27.3 Å². The lowest BCUT2D eigenvalue weighted by molar-refractivity contribution is -0.186. The topological polar surface area (TPSA) is 83.4 Å². The van der Waals surface area contributed by atoms with E-state index in [4.69, 9.17) is 11.6 Å². The first-order chi connectivity index (χ1) is 13.6. The van der Waals surface area contributed by atoms with Gasteiger partial charge in [0.05, 0.1) is 11.4 Å². The van der Waals surface area contributed by atoms with Crippen molar-refractivity contribution in [1.29, 1.82) is 0 Å². The number of hydrogen-bond donors (Lipinski definition) is 3. The number of halogens is 6. The SMILES string of the molecule is CCC(C)(NS(=O)(=O)c1cc(C(O)Nc2ccc(F)c(Cl)c2F)n(C)c1)C(F)(F)F. The molecular weight excluding hydrogens is 457 g/mol. The number of nitrogens with one attached hydrogen (secondary N) is 2. The molecule has 13 heteroatoms. The normalized spacial score (nSPS) is 15.7. The lowest BCUT2D eigenvalue weighted by atomic mass is 10.0. The smallest absolute Gasteiger partial charge is 0.368 e. The first-order valence-electron chi connectivity index (χ1n) is 8.48. The van der Waals surface area contributed by atoms with Gasteiger partial charge in [-0.3, -0.25) is 0 Å². The van der Waals surface area contributed by atoms with E-state index in [2.05, 4.69) is 5.32 Å². The zero-order valence-corrected chi connectivity index (χ0v) is 17.6. The van der Waals surface area contributed by atoms with Gasteiger partial charge in [0, 0.05) is 13.2 Å². The van der Waals surface area contributed by atoms with Crippen LogP contribution in [0.1, 0.15) is 32.2 Å². The van der Waals surface area contributed by atoms with Crippen molar-refractivity contribution in [3.8, 4) is 0 Å². The molecule has 30 heavy (non-hydrogen) atoms. The lowest BCUT2D eigenvalue weighted by Gasteiger charge is -2.31. The molecular formula is C17H19ClF5N3O3S. The minimum Gasteiger partial charge on any atom is -0.368 e. The third kappa shape index (κ3) is 4.71. The standard InChI is InChI=1S/C17H19ClF5N3O3S/c1-4-16(2,17(21,22)23)25-30(28,29)9-7-12(26(3)8-9)15(27)24-11-6-5-10(19)13(18)14(11)20/h5-8,15,24-25,27H,4H2,1-3H3. The molecule has 1 aromatic heterocycles. The highest BCUT2D eigenvalue weighted by Gasteiger charge is 2.52. The monoisotopic (exact) mass is 475 g/mol. The van der Waals surface area contributed by atoms with Crippen molar-refractivity contribution in [2.24, 2.45) is 7.05 Å². The lowest BCUT2D eigenvalue weighted by Crippen LogP contribution is -2.55. The van der Waals surface area contributed by atoms with E-state index < -0.39 is 55.9 Å². The Morgan fingerprint density at radius 1 is 1.27 bits per heavy atom. The Kier molecular flexibility index (Phi) is 6.77. The van der Waals surface area contributed by atoms with Gasteiger partial charge in [0.1, 0.15) is 21.3 Å². The number of nitrogens with zero attached hydrogens (tertiary/aromatic N) is 1. The zero-order chi connectivity index (χ0) is 23.1. The second kappa shape index (κ2) is 8.33. The Hall–Kier alpha value is -1.89. The van der Waals surface area contributed by atoms with Crippen LogP contribution in [0.4, 0.5) is 27.6 Å². The van der Waals surface area contributed by atoms with Gasteiger partial charge in [-0.2, -0.15) is 17.9 Å². The van der Waals surface area contributed by atoms with Gasteiger partial charge in [-0.15, -0.1) is 0 Å². The van der Waals surface area contributed by atoms with Crippen LogP contribution in [0.25, 0.3) is 0 Å². The van der Waals surface area contributed by atoms with Crippen LogP contribution in [0.15, 0.2) is 29.3 Å². The first-order valence-corrected chi connectivity index (χ1v) is 10.3. The van der Waals surface area contributed by atoms with Gasteiger partial charge in [-0.25, -0.2) is 17.2 Å². The van der Waals surface area contributed by atoms with Crippen LogP contribution >= 0.6 is 11.6 Å². The summed E-state index contributed by atoms with van der Waals surface area (Å²) in [7, 11) is -3.29. The summed E-state index contributed by atoms with van der Waals surface area (Å²) in [4.78, 5) is -0.539. The van der Waals surface area contributed by atoms with Gasteiger partial charge in [0.15, 0.2) is 12.0 Å². The van der Waals surface area contributed by atoms with E-state index in [1.165, 1.54) is 14.0 Å². The number of aliphatic hydroxyl groups excluding tert-OH is 1. The molecule has 0 radical (unpaired) electrons. The molecule has 0 fully saturated rings. The third-order valence-corrected chi connectivity index (χ3v) is 6.54. The van der Waals surface area contributed by atoms with Crippen LogP contribution in [0.5, 0.6) is 0 Å². The predicted octanol–water partition coefficient (Wildman–Crippen LogP) is 4.07. The number of anilines is 1. The minimum atomic E-state index is -4.84. The highest BCUT2D eigenvalue weighted by atomic mass is 35.5. The maximum atomic E-state index is 14.0. The summed E-state index contributed by atoms with van der Waals surface area (Å²) >= 11 is 5.46. The second-order valence-corrected chi connectivity index (χ2v) is 8.83. The minimum absolute atomic E-state index is 0.111. The molecule has 0 saturated carbocycles. The highest BCUT2D eigenvalue weighted by molar-refractivity contribution is 7.89. The number of alkyl halides is 3. The molecule has 2 aromatic rings. The molecule has 168 valence electrons. The summed E-state index contributed by atoms with van der Waals surface area (Å²) in [5.74, 6) is -2.19.